The molecule has 0 fully saturated rings. The van der Waals surface area contributed by atoms with E-state index in [2.05, 4.69) is 17.8 Å². The molecule has 0 aliphatic heterocycles. The van der Waals surface area contributed by atoms with E-state index in [4.69, 9.17) is 11.5 Å². The van der Waals surface area contributed by atoms with Gasteiger partial charge in [0.25, 0.3) is 0 Å². The minimum absolute atomic E-state index is 0.0406. The van der Waals surface area contributed by atoms with E-state index in [-0.39, 0.29) is 12.5 Å². The zero-order valence-corrected chi connectivity index (χ0v) is 10.1. The number of nitrogens with zero attached hydrogens (tertiary/aromatic N) is 1. The van der Waals surface area contributed by atoms with Gasteiger partial charge in [-0.1, -0.05) is 6.08 Å². The van der Waals surface area contributed by atoms with Gasteiger partial charge in [-0.05, 0) is 13.8 Å². The van der Waals surface area contributed by atoms with E-state index in [0.717, 1.165) is 0 Å². The highest BCUT2D eigenvalue weighted by atomic mass is 16.4. The van der Waals surface area contributed by atoms with Crippen molar-refractivity contribution in [2.24, 2.45) is 0 Å². The van der Waals surface area contributed by atoms with Crippen LogP contribution >= 0.6 is 0 Å². The predicted molar refractivity (Wildman–Crippen MR) is 65.4 cm³/mol. The Morgan fingerprint density at radius 2 is 2.18 bits per heavy atom. The third kappa shape index (κ3) is 5.07. The Morgan fingerprint density at radius 3 is 2.53 bits per heavy atom. The van der Waals surface area contributed by atoms with Crippen LogP contribution in [-0.2, 0) is 4.79 Å². The zero-order valence-electron chi connectivity index (χ0n) is 10.1. The summed E-state index contributed by atoms with van der Waals surface area (Å²) in [5, 5.41) is 11.2. The number of urea groups is 1. The quantitative estimate of drug-likeness (QED) is 0.537. The van der Waals surface area contributed by atoms with Crippen molar-refractivity contribution < 1.29 is 14.7 Å². The number of carboxylic acid groups (broad SMARTS) is 1. The Bertz CT molecular complexity index is 331. The molecule has 2 N–H and O–H groups in total. The highest BCUT2D eigenvalue weighted by molar-refractivity contribution is 5.83. The average Bonchev–Trinajstić information content (AvgIpc) is 2.24. The molecule has 0 aromatic rings. The van der Waals surface area contributed by atoms with Crippen LogP contribution in [0.3, 0.4) is 0 Å². The highest BCUT2D eigenvalue weighted by Gasteiger charge is 2.23. The van der Waals surface area contributed by atoms with Gasteiger partial charge in [-0.25, -0.2) is 9.59 Å². The fourth-order valence-corrected chi connectivity index (χ4v) is 1.22. The van der Waals surface area contributed by atoms with E-state index in [1.54, 1.807) is 6.08 Å². The Labute approximate surface area is 101 Å². The molecule has 17 heavy (non-hydrogen) atoms. The molecule has 0 spiro atoms. The molecular formula is C12H18N2O3. The van der Waals surface area contributed by atoms with E-state index in [1.165, 1.54) is 4.90 Å². The summed E-state index contributed by atoms with van der Waals surface area (Å²) in [4.78, 5) is 24.1. The molecule has 5 heteroatoms. The Balaban J connectivity index is 4.62. The first kappa shape index (κ1) is 15.0. The summed E-state index contributed by atoms with van der Waals surface area (Å²) in [6.07, 6.45) is 6.58. The van der Waals surface area contributed by atoms with Crippen molar-refractivity contribution in [2.75, 3.05) is 6.54 Å². The summed E-state index contributed by atoms with van der Waals surface area (Å²) in [7, 11) is 0. The lowest BCUT2D eigenvalue weighted by Crippen LogP contribution is -2.50. The molecular weight excluding hydrogens is 220 g/mol. The summed E-state index contributed by atoms with van der Waals surface area (Å²) in [5.41, 5.74) is 0. The molecule has 0 aliphatic carbocycles. The average molecular weight is 238 g/mol. The topological polar surface area (TPSA) is 69.6 Å². The second-order valence-electron chi connectivity index (χ2n) is 3.78. The molecule has 0 rings (SSSR count). The lowest BCUT2D eigenvalue weighted by atomic mass is 10.2. The minimum Gasteiger partial charge on any atom is -0.480 e. The maximum Gasteiger partial charge on any atom is 0.327 e. The van der Waals surface area contributed by atoms with E-state index in [0.29, 0.717) is 6.54 Å². The Morgan fingerprint density at radius 1 is 1.59 bits per heavy atom. The maximum absolute atomic E-state index is 11.8. The van der Waals surface area contributed by atoms with Crippen LogP contribution in [0.4, 0.5) is 4.79 Å². The van der Waals surface area contributed by atoms with Crippen LogP contribution in [0.25, 0.3) is 0 Å². The van der Waals surface area contributed by atoms with Gasteiger partial charge in [0.15, 0.2) is 0 Å². The monoisotopic (exact) mass is 238 g/mol. The molecule has 0 saturated carbocycles. The van der Waals surface area contributed by atoms with Crippen molar-refractivity contribution >= 4 is 12.0 Å². The summed E-state index contributed by atoms with van der Waals surface area (Å²) in [6.45, 7) is 7.57. The van der Waals surface area contributed by atoms with Crippen molar-refractivity contribution in [3.8, 4) is 12.3 Å². The second kappa shape index (κ2) is 7.34. The van der Waals surface area contributed by atoms with Crippen LogP contribution < -0.4 is 5.32 Å². The number of rotatable bonds is 6. The predicted octanol–water partition coefficient (Wildman–Crippen LogP) is 1.07. The first-order valence-electron chi connectivity index (χ1n) is 5.28. The minimum atomic E-state index is -1.14. The molecule has 0 radical (unpaired) electrons. The number of carboxylic acids is 1. The summed E-state index contributed by atoms with van der Waals surface area (Å²) in [5.74, 6) is 1.08. The SMILES string of the molecule is C#CCC(NC(=O)N(CC=C)C(C)C)C(=O)O. The van der Waals surface area contributed by atoms with Gasteiger partial charge < -0.3 is 15.3 Å². The molecule has 94 valence electrons. The molecule has 0 saturated heterocycles. The molecule has 0 aliphatic rings. The summed E-state index contributed by atoms with van der Waals surface area (Å²) < 4.78 is 0. The molecule has 0 aromatic carbocycles. The third-order valence-electron chi connectivity index (χ3n) is 2.13. The van der Waals surface area contributed by atoms with Gasteiger partial charge in [0.2, 0.25) is 0 Å². The van der Waals surface area contributed by atoms with Crippen molar-refractivity contribution in [3.05, 3.63) is 12.7 Å². The number of aliphatic carboxylic acids is 1. The number of carbonyl (C=O) groups excluding carboxylic acids is 1. The highest BCUT2D eigenvalue weighted by Crippen LogP contribution is 2.01. The molecule has 0 bridgehead atoms. The van der Waals surface area contributed by atoms with Crippen molar-refractivity contribution in [1.82, 2.24) is 10.2 Å². The van der Waals surface area contributed by atoms with Crippen molar-refractivity contribution in [1.29, 1.82) is 0 Å². The first-order chi connectivity index (χ1) is 7.93. The van der Waals surface area contributed by atoms with Crippen LogP contribution in [0.1, 0.15) is 20.3 Å². The van der Waals surface area contributed by atoms with E-state index in [9.17, 15) is 9.59 Å². The van der Waals surface area contributed by atoms with Gasteiger partial charge >= 0.3 is 12.0 Å². The smallest absolute Gasteiger partial charge is 0.327 e. The Hall–Kier alpha value is -1.96. The standard InChI is InChI=1S/C12H18N2O3/c1-5-7-10(11(15)16)13-12(17)14(8-6-2)9(3)4/h1,6,9-10H,2,7-8H2,3-4H3,(H,13,17)(H,15,16). The van der Waals surface area contributed by atoms with Crippen LogP contribution in [0, 0.1) is 12.3 Å². The van der Waals surface area contributed by atoms with Gasteiger partial charge in [-0.3, -0.25) is 0 Å². The van der Waals surface area contributed by atoms with Crippen LogP contribution in [0.5, 0.6) is 0 Å². The van der Waals surface area contributed by atoms with Gasteiger partial charge in [0, 0.05) is 19.0 Å². The fraction of sp³-hybridized carbons (Fsp3) is 0.500. The van der Waals surface area contributed by atoms with Crippen LogP contribution in [0.15, 0.2) is 12.7 Å². The summed E-state index contributed by atoms with van der Waals surface area (Å²) in [6, 6.07) is -1.56. The number of hydrogen-bond donors (Lipinski definition) is 2. The lowest BCUT2D eigenvalue weighted by molar-refractivity contribution is -0.139. The lowest BCUT2D eigenvalue weighted by Gasteiger charge is -2.27. The molecule has 0 aromatic heterocycles. The Kier molecular flexibility index (Phi) is 6.49. The zero-order chi connectivity index (χ0) is 13.4. The third-order valence-corrected chi connectivity index (χ3v) is 2.13. The van der Waals surface area contributed by atoms with Crippen LogP contribution in [-0.4, -0.2) is 40.6 Å². The largest absolute Gasteiger partial charge is 0.480 e. The second-order valence-corrected chi connectivity index (χ2v) is 3.78. The first-order valence-corrected chi connectivity index (χ1v) is 5.28. The van der Waals surface area contributed by atoms with Gasteiger partial charge in [0.05, 0.1) is 0 Å². The molecule has 2 amide bonds. The van der Waals surface area contributed by atoms with Crippen molar-refractivity contribution in [3.63, 3.8) is 0 Å². The van der Waals surface area contributed by atoms with Gasteiger partial charge in [0.1, 0.15) is 6.04 Å². The fourth-order valence-electron chi connectivity index (χ4n) is 1.22. The molecule has 0 heterocycles. The number of hydrogen-bond acceptors (Lipinski definition) is 2. The van der Waals surface area contributed by atoms with E-state index in [1.807, 2.05) is 13.8 Å². The number of terminal acetylenes is 1. The number of nitrogens with one attached hydrogen (secondary N) is 1. The number of carbonyl (C=O) groups is 2. The normalized spacial score (nSPS) is 11.4. The van der Waals surface area contributed by atoms with Crippen LogP contribution in [0.2, 0.25) is 0 Å². The summed E-state index contributed by atoms with van der Waals surface area (Å²) >= 11 is 0. The van der Waals surface area contributed by atoms with Gasteiger partial charge in [-0.2, -0.15) is 0 Å². The molecule has 1 atom stereocenters. The molecule has 1 unspecified atom stereocenters. The number of amides is 2. The van der Waals surface area contributed by atoms with Crippen molar-refractivity contribution in [2.45, 2.75) is 32.4 Å². The van der Waals surface area contributed by atoms with Gasteiger partial charge in [-0.15, -0.1) is 18.9 Å². The van der Waals surface area contributed by atoms with E-state index < -0.39 is 18.0 Å². The maximum atomic E-state index is 11.8. The molecule has 5 nitrogen and oxygen atoms in total. The van der Waals surface area contributed by atoms with E-state index >= 15 is 0 Å².